The molecular formula is C15H9BrN2OS2. The molecule has 0 spiro atoms. The highest BCUT2D eigenvalue weighted by Crippen LogP contribution is 2.41. The molecule has 0 radical (unpaired) electrons. The van der Waals surface area contributed by atoms with Gasteiger partial charge in [0, 0.05) is 17.6 Å². The summed E-state index contributed by atoms with van der Waals surface area (Å²) in [7, 11) is 0. The largest absolute Gasteiger partial charge is 0.437 e. The highest BCUT2D eigenvalue weighted by atomic mass is 79.9. The fraction of sp³-hybridized carbons (Fsp3) is 0.0667. The van der Waals surface area contributed by atoms with Gasteiger partial charge in [-0.3, -0.25) is 0 Å². The van der Waals surface area contributed by atoms with Crippen molar-refractivity contribution in [2.45, 2.75) is 6.92 Å². The molecule has 0 N–H and O–H groups in total. The van der Waals surface area contributed by atoms with Gasteiger partial charge in [-0.15, -0.1) is 22.7 Å². The van der Waals surface area contributed by atoms with Crippen LogP contribution in [-0.4, -0.2) is 9.97 Å². The molecule has 0 atom stereocenters. The molecule has 4 aromatic rings. The zero-order chi connectivity index (χ0) is 14.4. The molecular weight excluding hydrogens is 368 g/mol. The first-order valence-corrected chi connectivity index (χ1v) is 8.77. The molecule has 6 heteroatoms. The van der Waals surface area contributed by atoms with Crippen LogP contribution < -0.4 is 4.74 Å². The monoisotopic (exact) mass is 376 g/mol. The Morgan fingerprint density at radius 2 is 2.19 bits per heavy atom. The number of rotatable bonds is 2. The van der Waals surface area contributed by atoms with Gasteiger partial charge in [0.2, 0.25) is 5.88 Å². The number of pyridine rings is 1. The molecule has 0 aliphatic carbocycles. The van der Waals surface area contributed by atoms with E-state index in [9.17, 15) is 0 Å². The van der Waals surface area contributed by atoms with Gasteiger partial charge in [-0.2, -0.15) is 0 Å². The van der Waals surface area contributed by atoms with Crippen molar-refractivity contribution in [1.29, 1.82) is 0 Å². The van der Waals surface area contributed by atoms with Crippen molar-refractivity contribution in [2.24, 2.45) is 0 Å². The zero-order valence-electron chi connectivity index (χ0n) is 11.0. The number of aromatic nitrogens is 2. The lowest BCUT2D eigenvalue weighted by molar-refractivity contribution is 0.465. The highest BCUT2D eigenvalue weighted by Gasteiger charge is 2.14. The van der Waals surface area contributed by atoms with Gasteiger partial charge in [0.15, 0.2) is 0 Å². The smallest absolute Gasteiger partial charge is 0.233 e. The first kappa shape index (κ1) is 13.2. The minimum absolute atomic E-state index is 0.575. The third-order valence-electron chi connectivity index (χ3n) is 3.10. The quantitative estimate of drug-likeness (QED) is 0.445. The molecule has 0 saturated heterocycles. The predicted molar refractivity (Wildman–Crippen MR) is 91.8 cm³/mol. The Morgan fingerprint density at radius 3 is 3.05 bits per heavy atom. The van der Waals surface area contributed by atoms with E-state index in [0.29, 0.717) is 5.88 Å². The molecule has 3 nitrogen and oxygen atoms in total. The van der Waals surface area contributed by atoms with E-state index in [1.807, 2.05) is 19.1 Å². The van der Waals surface area contributed by atoms with Crippen LogP contribution in [0.15, 0.2) is 40.3 Å². The summed E-state index contributed by atoms with van der Waals surface area (Å²) in [5, 5.41) is 4.21. The average molecular weight is 377 g/mol. The van der Waals surface area contributed by atoms with Crippen LogP contribution in [0.2, 0.25) is 0 Å². The second kappa shape index (κ2) is 5.05. The lowest BCUT2D eigenvalue weighted by Crippen LogP contribution is -1.89. The second-order valence-corrected chi connectivity index (χ2v) is 7.52. The van der Waals surface area contributed by atoms with Crippen molar-refractivity contribution in [2.75, 3.05) is 0 Å². The molecule has 4 rings (SSSR count). The summed E-state index contributed by atoms with van der Waals surface area (Å²) in [6, 6.07) is 7.91. The molecule has 0 aliphatic heterocycles. The van der Waals surface area contributed by atoms with E-state index in [1.165, 1.54) is 4.70 Å². The Bertz CT molecular complexity index is 961. The maximum atomic E-state index is 6.03. The average Bonchev–Trinajstić information content (AvgIpc) is 3.06. The number of hydrogen-bond donors (Lipinski definition) is 0. The van der Waals surface area contributed by atoms with Crippen LogP contribution in [0.3, 0.4) is 0 Å². The maximum absolute atomic E-state index is 6.03. The molecule has 0 aliphatic rings. The lowest BCUT2D eigenvalue weighted by Gasteiger charge is -2.07. The SMILES string of the molecule is Cc1nc2c(cc(Oc3ncccc3Br)c3ccsc32)s1. The first-order valence-electron chi connectivity index (χ1n) is 6.28. The number of benzene rings is 1. The summed E-state index contributed by atoms with van der Waals surface area (Å²) in [5.41, 5.74) is 1.06. The topological polar surface area (TPSA) is 35.0 Å². The van der Waals surface area contributed by atoms with E-state index in [2.05, 4.69) is 43.4 Å². The fourth-order valence-electron chi connectivity index (χ4n) is 2.22. The van der Waals surface area contributed by atoms with Crippen LogP contribution in [-0.2, 0) is 0 Å². The number of nitrogens with zero attached hydrogens (tertiary/aromatic N) is 2. The van der Waals surface area contributed by atoms with Gasteiger partial charge < -0.3 is 4.74 Å². The van der Waals surface area contributed by atoms with Crippen molar-refractivity contribution in [3.05, 3.63) is 45.3 Å². The summed E-state index contributed by atoms with van der Waals surface area (Å²) in [5.74, 6) is 1.40. The molecule has 0 unspecified atom stereocenters. The maximum Gasteiger partial charge on any atom is 0.233 e. The molecule has 3 aromatic heterocycles. The molecule has 0 amide bonds. The number of ether oxygens (including phenoxy) is 1. The van der Waals surface area contributed by atoms with Crippen molar-refractivity contribution in [3.63, 3.8) is 0 Å². The Hall–Kier alpha value is -1.50. The van der Waals surface area contributed by atoms with Crippen molar-refractivity contribution >= 4 is 58.9 Å². The van der Waals surface area contributed by atoms with Crippen LogP contribution in [0.1, 0.15) is 5.01 Å². The van der Waals surface area contributed by atoms with Crippen molar-refractivity contribution < 1.29 is 4.74 Å². The van der Waals surface area contributed by atoms with E-state index in [4.69, 9.17) is 4.74 Å². The van der Waals surface area contributed by atoms with Gasteiger partial charge in [0.05, 0.1) is 24.4 Å². The lowest BCUT2D eigenvalue weighted by atomic mass is 10.2. The first-order chi connectivity index (χ1) is 10.2. The second-order valence-electron chi connectivity index (χ2n) is 4.51. The van der Waals surface area contributed by atoms with E-state index >= 15 is 0 Å². The van der Waals surface area contributed by atoms with Crippen LogP contribution in [0.4, 0.5) is 0 Å². The van der Waals surface area contributed by atoms with E-state index in [-0.39, 0.29) is 0 Å². The van der Waals surface area contributed by atoms with Crippen LogP contribution in [0, 0.1) is 6.92 Å². The van der Waals surface area contributed by atoms with Crippen molar-refractivity contribution in [1.82, 2.24) is 9.97 Å². The van der Waals surface area contributed by atoms with Gasteiger partial charge in [-0.1, -0.05) is 0 Å². The molecule has 3 heterocycles. The third-order valence-corrected chi connectivity index (χ3v) is 5.54. The Kier molecular flexibility index (Phi) is 3.17. The summed E-state index contributed by atoms with van der Waals surface area (Å²) in [4.78, 5) is 8.90. The molecule has 21 heavy (non-hydrogen) atoms. The van der Waals surface area contributed by atoms with Gasteiger partial charge in [-0.05, 0) is 46.4 Å². The highest BCUT2D eigenvalue weighted by molar-refractivity contribution is 9.10. The minimum atomic E-state index is 0.575. The molecule has 0 saturated carbocycles. The van der Waals surface area contributed by atoms with Gasteiger partial charge in [0.1, 0.15) is 5.75 Å². The Balaban J connectivity index is 1.94. The fourth-order valence-corrected chi connectivity index (χ4v) is 4.39. The molecule has 104 valence electrons. The number of halogens is 1. The summed E-state index contributed by atoms with van der Waals surface area (Å²) in [6.07, 6.45) is 1.72. The number of aryl methyl sites for hydroxylation is 1. The zero-order valence-corrected chi connectivity index (χ0v) is 14.2. The van der Waals surface area contributed by atoms with Crippen LogP contribution >= 0.6 is 38.6 Å². The molecule has 1 aromatic carbocycles. The van der Waals surface area contributed by atoms with Crippen molar-refractivity contribution in [3.8, 4) is 11.6 Å². The van der Waals surface area contributed by atoms with Gasteiger partial charge in [-0.25, -0.2) is 9.97 Å². The number of fused-ring (bicyclic) bond motifs is 3. The van der Waals surface area contributed by atoms with E-state index < -0.39 is 0 Å². The summed E-state index contributed by atoms with van der Waals surface area (Å²) >= 11 is 6.84. The van der Waals surface area contributed by atoms with E-state index in [0.717, 1.165) is 30.8 Å². The Labute approximate surface area is 137 Å². The summed E-state index contributed by atoms with van der Waals surface area (Å²) in [6.45, 7) is 2.03. The van der Waals surface area contributed by atoms with Gasteiger partial charge in [0.25, 0.3) is 0 Å². The van der Waals surface area contributed by atoms with Crippen LogP contribution in [0.5, 0.6) is 11.6 Å². The van der Waals surface area contributed by atoms with E-state index in [1.54, 1.807) is 28.9 Å². The van der Waals surface area contributed by atoms with Crippen LogP contribution in [0.25, 0.3) is 20.3 Å². The normalized spacial score (nSPS) is 11.3. The predicted octanol–water partition coefficient (Wildman–Crippen LogP) is 5.77. The Morgan fingerprint density at radius 1 is 1.29 bits per heavy atom. The third kappa shape index (κ3) is 2.23. The number of thiophene rings is 1. The number of thiazole rings is 1. The molecule has 0 fully saturated rings. The minimum Gasteiger partial charge on any atom is -0.437 e. The molecule has 0 bridgehead atoms. The van der Waals surface area contributed by atoms with Gasteiger partial charge >= 0.3 is 0 Å². The standard InChI is InChI=1S/C15H9BrN2OS2/c1-8-18-13-12(21-8)7-11(9-4-6-20-14(9)13)19-15-10(16)3-2-5-17-15/h2-7H,1H3. The summed E-state index contributed by atoms with van der Waals surface area (Å²) < 4.78 is 9.18. The number of hydrogen-bond acceptors (Lipinski definition) is 5.